The second-order valence-electron chi connectivity index (χ2n) is 11.3. The maximum Gasteiger partial charge on any atom is 4.00 e. The van der Waals surface area contributed by atoms with Crippen LogP contribution in [0.1, 0.15) is 22.3 Å². The van der Waals surface area contributed by atoms with Crippen LogP contribution in [0.15, 0.2) is 97.1 Å². The van der Waals surface area contributed by atoms with Gasteiger partial charge in [-0.3, -0.25) is 0 Å². The first-order valence-electron chi connectivity index (χ1n) is 13.3. The van der Waals surface area contributed by atoms with E-state index < -0.39 is 8.07 Å². The van der Waals surface area contributed by atoms with E-state index in [1.807, 2.05) is 0 Å². The fraction of sp³-hybridized carbons (Fsp3) is 0.158. The smallest absolute Gasteiger partial charge is 0.358 e. The Balaban J connectivity index is 0.00000147. The molecule has 200 valence electrons. The summed E-state index contributed by atoms with van der Waals surface area (Å²) >= 11 is 0. The van der Waals surface area contributed by atoms with Gasteiger partial charge in [-0.2, -0.15) is 10.4 Å². The maximum absolute atomic E-state index is 2.56. The van der Waals surface area contributed by atoms with E-state index in [0.29, 0.717) is 0 Å². The van der Waals surface area contributed by atoms with Gasteiger partial charge >= 0.3 is 26.2 Å². The second kappa shape index (κ2) is 12.0. The first-order valence-corrected chi connectivity index (χ1v) is 16.3. The number of aryl methyl sites for hydroxylation is 4. The summed E-state index contributed by atoms with van der Waals surface area (Å²) in [4.78, 5) is 0. The Morgan fingerprint density at radius 1 is 0.500 bits per heavy atom. The molecule has 0 saturated heterocycles. The molecule has 0 fully saturated rings. The number of hydrogen-bond donors (Lipinski definition) is 0. The van der Waals surface area contributed by atoms with Gasteiger partial charge in [0.25, 0.3) is 0 Å². The van der Waals surface area contributed by atoms with Crippen LogP contribution in [0.2, 0.25) is 13.1 Å². The van der Waals surface area contributed by atoms with Crippen molar-refractivity contribution in [3.63, 3.8) is 0 Å². The molecule has 40 heavy (non-hydrogen) atoms. The minimum Gasteiger partial charge on any atom is -0.358 e. The predicted octanol–water partition coefficient (Wildman–Crippen LogP) is 9.72. The average molecular weight is 616 g/mol. The molecule has 0 amide bonds. The Labute approximate surface area is 262 Å². The van der Waals surface area contributed by atoms with Crippen LogP contribution >= 0.6 is 0 Å². The van der Waals surface area contributed by atoms with Crippen molar-refractivity contribution in [1.29, 1.82) is 0 Å². The van der Waals surface area contributed by atoms with Crippen molar-refractivity contribution in [2.24, 2.45) is 0 Å². The molecule has 6 aromatic rings. The van der Waals surface area contributed by atoms with Gasteiger partial charge in [0.05, 0.1) is 0 Å². The molecule has 0 spiro atoms. The molecule has 0 aliphatic heterocycles. The van der Waals surface area contributed by atoms with Crippen LogP contribution in [0.3, 0.4) is 0 Å². The van der Waals surface area contributed by atoms with Crippen LogP contribution < -0.4 is 10.4 Å². The molecule has 0 aromatic heterocycles. The van der Waals surface area contributed by atoms with E-state index in [1.165, 1.54) is 66.1 Å². The number of rotatable bonds is 4. The maximum atomic E-state index is 2.56. The fourth-order valence-electron chi connectivity index (χ4n) is 6.63. The summed E-state index contributed by atoms with van der Waals surface area (Å²) in [7, 11) is -2.12. The third-order valence-electron chi connectivity index (χ3n) is 8.20. The minimum absolute atomic E-state index is 0. The number of fused-ring (bicyclic) bond motifs is 2. The molecule has 0 nitrogen and oxygen atoms in total. The summed E-state index contributed by atoms with van der Waals surface area (Å²) in [5.41, 5.74) is 10.8. The number of hydrogen-bond acceptors (Lipinski definition) is 0. The zero-order chi connectivity index (χ0) is 25.9. The summed E-state index contributed by atoms with van der Waals surface area (Å²) in [5.74, 6) is 0. The van der Waals surface area contributed by atoms with E-state index in [-0.39, 0.29) is 41.1 Å². The van der Waals surface area contributed by atoms with Gasteiger partial charge in [-0.05, 0) is 25.0 Å². The monoisotopic (exact) mass is 614 g/mol. The Kier molecular flexibility index (Phi) is 9.50. The Morgan fingerprint density at radius 3 is 1.20 bits per heavy atom. The summed E-state index contributed by atoms with van der Waals surface area (Å²) in [6.07, 6.45) is 0. The number of benzene rings is 4. The van der Waals surface area contributed by atoms with Gasteiger partial charge in [-0.25, -0.2) is 0 Å². The standard InChI is InChI=1S/C36H34Si.2CH3.Zr/c1-23-13-17-27(18-14-23)31-11-7-9-29-21-25(3)35(33(29)31)37(5,6)36-26(4)22-30-10-8-12-32(34(30)36)28-19-15-24(2)16-20-28;;;/h7-22H,1-6H3;2*1H3;/q-2;2*-1;+4. The van der Waals surface area contributed by atoms with Gasteiger partial charge in [0, 0.05) is 8.07 Å². The Hall–Kier alpha value is -2.80. The van der Waals surface area contributed by atoms with Gasteiger partial charge in [0.1, 0.15) is 0 Å². The van der Waals surface area contributed by atoms with Crippen molar-refractivity contribution in [3.8, 4) is 22.3 Å². The van der Waals surface area contributed by atoms with Crippen molar-refractivity contribution in [2.45, 2.75) is 40.8 Å². The van der Waals surface area contributed by atoms with E-state index in [0.717, 1.165) is 0 Å². The van der Waals surface area contributed by atoms with Crippen molar-refractivity contribution >= 4 is 40.0 Å². The van der Waals surface area contributed by atoms with Crippen LogP contribution in [0, 0.1) is 42.5 Å². The van der Waals surface area contributed by atoms with Crippen LogP contribution in [0.5, 0.6) is 0 Å². The Bertz CT molecular complexity index is 1630. The molecule has 0 saturated carbocycles. The second-order valence-corrected chi connectivity index (χ2v) is 15.6. The van der Waals surface area contributed by atoms with Crippen molar-refractivity contribution in [3.05, 3.63) is 134 Å². The summed E-state index contributed by atoms with van der Waals surface area (Å²) in [6.45, 7) is 14.1. The van der Waals surface area contributed by atoms with E-state index >= 15 is 0 Å². The van der Waals surface area contributed by atoms with Gasteiger partial charge in [0.2, 0.25) is 0 Å². The molecule has 0 aliphatic carbocycles. The van der Waals surface area contributed by atoms with Crippen LogP contribution in [0.4, 0.5) is 0 Å². The molecule has 6 aromatic carbocycles. The first kappa shape index (κ1) is 31.7. The van der Waals surface area contributed by atoms with Gasteiger partial charge in [0.15, 0.2) is 0 Å². The van der Waals surface area contributed by atoms with Crippen molar-refractivity contribution in [2.75, 3.05) is 0 Å². The summed E-state index contributed by atoms with van der Waals surface area (Å²) in [5, 5.41) is 8.77. The zero-order valence-corrected chi connectivity index (χ0v) is 28.7. The molecule has 0 N–H and O–H groups in total. The van der Waals surface area contributed by atoms with E-state index in [4.69, 9.17) is 0 Å². The largest absolute Gasteiger partial charge is 4.00 e. The molecule has 0 bridgehead atoms. The molecule has 0 atom stereocenters. The van der Waals surface area contributed by atoms with Crippen LogP contribution in [-0.2, 0) is 26.2 Å². The third-order valence-corrected chi connectivity index (χ3v) is 12.0. The molecule has 0 radical (unpaired) electrons. The topological polar surface area (TPSA) is 0 Å². The SMILES string of the molecule is Cc1ccc(-c2cccc3[cH-]c(C)c([Si](C)(C)c4c(C)[cH-]c5cccc(-c6ccc(C)cc6)c45)c23)cc1.[CH3-].[CH3-].[Zr+4]. The summed E-state index contributed by atoms with van der Waals surface area (Å²) < 4.78 is 0. The molecule has 0 aliphatic rings. The normalized spacial score (nSPS) is 11.2. The molecular weight excluding hydrogens is 576 g/mol. The van der Waals surface area contributed by atoms with E-state index in [9.17, 15) is 0 Å². The first-order chi connectivity index (χ1) is 17.8. The molecule has 0 heterocycles. The Morgan fingerprint density at radius 2 is 0.850 bits per heavy atom. The fourth-order valence-corrected chi connectivity index (χ4v) is 10.8. The van der Waals surface area contributed by atoms with Gasteiger partial charge < -0.3 is 14.9 Å². The zero-order valence-electron chi connectivity index (χ0n) is 25.2. The van der Waals surface area contributed by atoms with Gasteiger partial charge in [-0.15, -0.1) is 69.1 Å². The van der Waals surface area contributed by atoms with Crippen molar-refractivity contribution < 1.29 is 26.2 Å². The van der Waals surface area contributed by atoms with Crippen LogP contribution in [0.25, 0.3) is 43.8 Å². The average Bonchev–Trinajstić information content (AvgIpc) is 3.41. The van der Waals surface area contributed by atoms with Crippen molar-refractivity contribution in [1.82, 2.24) is 0 Å². The third kappa shape index (κ3) is 5.17. The van der Waals surface area contributed by atoms with Crippen LogP contribution in [-0.4, -0.2) is 8.07 Å². The van der Waals surface area contributed by atoms with E-state index in [1.54, 1.807) is 10.4 Å². The molecule has 2 heteroatoms. The molecule has 0 unspecified atom stereocenters. The minimum atomic E-state index is -2.12. The quantitative estimate of drug-likeness (QED) is 0.137. The van der Waals surface area contributed by atoms with Gasteiger partial charge in [-0.1, -0.05) is 110 Å². The van der Waals surface area contributed by atoms with E-state index in [2.05, 4.69) is 138 Å². The summed E-state index contributed by atoms with van der Waals surface area (Å²) in [6, 6.07) is 36.5. The predicted molar refractivity (Wildman–Crippen MR) is 178 cm³/mol. The molecular formula is C38H40SiZr. The molecule has 6 rings (SSSR count).